The van der Waals surface area contributed by atoms with Gasteiger partial charge in [-0.25, -0.2) is 14.8 Å². The van der Waals surface area contributed by atoms with Crippen molar-refractivity contribution in [3.63, 3.8) is 0 Å². The SMILES string of the molecule is CNC(=O)[C@@H](C)NC(=O)Nc1cccc(Oc2ncccn2)c1. The third-order valence-corrected chi connectivity index (χ3v) is 2.83. The Bertz CT molecular complexity index is 678. The quantitative estimate of drug-likeness (QED) is 0.776. The average Bonchev–Trinajstić information content (AvgIpc) is 2.55. The number of carbonyl (C=O) groups excluding carboxylic acids is 2. The normalized spacial score (nSPS) is 11.2. The van der Waals surface area contributed by atoms with Crippen LogP contribution in [0.4, 0.5) is 10.5 Å². The molecule has 0 aliphatic heterocycles. The molecule has 0 bridgehead atoms. The van der Waals surface area contributed by atoms with Crippen molar-refractivity contribution in [2.24, 2.45) is 0 Å². The summed E-state index contributed by atoms with van der Waals surface area (Å²) in [7, 11) is 1.50. The Morgan fingerprint density at radius 3 is 2.61 bits per heavy atom. The van der Waals surface area contributed by atoms with Crippen LogP contribution in [-0.2, 0) is 4.79 Å². The van der Waals surface area contributed by atoms with Crippen molar-refractivity contribution in [1.29, 1.82) is 0 Å². The minimum atomic E-state index is -0.642. The van der Waals surface area contributed by atoms with Crippen LogP contribution in [-0.4, -0.2) is 35.0 Å². The largest absolute Gasteiger partial charge is 0.424 e. The molecule has 0 saturated carbocycles. The number of amides is 3. The number of carbonyl (C=O) groups is 2. The third kappa shape index (κ3) is 4.95. The van der Waals surface area contributed by atoms with Gasteiger partial charge in [-0.2, -0.15) is 0 Å². The van der Waals surface area contributed by atoms with Crippen LogP contribution in [0.1, 0.15) is 6.92 Å². The number of likely N-dealkylation sites (N-methyl/N-ethyl adjacent to an activating group) is 1. The number of hydrogen-bond donors (Lipinski definition) is 3. The maximum Gasteiger partial charge on any atom is 0.321 e. The maximum atomic E-state index is 11.8. The zero-order chi connectivity index (χ0) is 16.7. The van der Waals surface area contributed by atoms with E-state index in [0.29, 0.717) is 11.4 Å². The first-order chi connectivity index (χ1) is 11.1. The minimum absolute atomic E-state index is 0.211. The van der Waals surface area contributed by atoms with Gasteiger partial charge in [0.05, 0.1) is 0 Å². The first-order valence-corrected chi connectivity index (χ1v) is 6.92. The third-order valence-electron chi connectivity index (χ3n) is 2.83. The van der Waals surface area contributed by atoms with Gasteiger partial charge in [-0.15, -0.1) is 0 Å². The van der Waals surface area contributed by atoms with E-state index in [1.165, 1.54) is 7.05 Å². The van der Waals surface area contributed by atoms with Crippen molar-refractivity contribution in [2.45, 2.75) is 13.0 Å². The molecule has 1 aromatic carbocycles. The van der Waals surface area contributed by atoms with Crippen LogP contribution in [0.15, 0.2) is 42.7 Å². The standard InChI is InChI=1S/C15H17N5O3/c1-10(13(21)16-2)19-14(22)20-11-5-3-6-12(9-11)23-15-17-7-4-8-18-15/h3-10H,1-2H3,(H,16,21)(H2,19,20,22)/t10-/m1/s1. The van der Waals surface area contributed by atoms with E-state index in [0.717, 1.165) is 0 Å². The number of anilines is 1. The molecule has 1 heterocycles. The molecule has 0 aliphatic rings. The van der Waals surface area contributed by atoms with Gasteiger partial charge in [0.15, 0.2) is 0 Å². The van der Waals surface area contributed by atoms with Gasteiger partial charge in [0, 0.05) is 31.2 Å². The highest BCUT2D eigenvalue weighted by Gasteiger charge is 2.13. The fourth-order valence-corrected chi connectivity index (χ4v) is 1.73. The summed E-state index contributed by atoms with van der Waals surface area (Å²) in [6.45, 7) is 1.59. The fourth-order valence-electron chi connectivity index (χ4n) is 1.73. The van der Waals surface area contributed by atoms with Crippen LogP contribution in [0.3, 0.4) is 0 Å². The van der Waals surface area contributed by atoms with E-state index in [1.807, 2.05) is 0 Å². The van der Waals surface area contributed by atoms with E-state index in [-0.39, 0.29) is 11.9 Å². The van der Waals surface area contributed by atoms with Crippen LogP contribution in [0.2, 0.25) is 0 Å². The van der Waals surface area contributed by atoms with E-state index < -0.39 is 12.1 Å². The Hall–Kier alpha value is -3.16. The van der Waals surface area contributed by atoms with Gasteiger partial charge >= 0.3 is 12.0 Å². The summed E-state index contributed by atoms with van der Waals surface area (Å²) < 4.78 is 5.48. The fraction of sp³-hybridized carbons (Fsp3) is 0.200. The van der Waals surface area contributed by atoms with Crippen LogP contribution < -0.4 is 20.7 Å². The van der Waals surface area contributed by atoms with E-state index in [1.54, 1.807) is 49.6 Å². The zero-order valence-electron chi connectivity index (χ0n) is 12.7. The van der Waals surface area contributed by atoms with Crippen LogP contribution in [0.5, 0.6) is 11.8 Å². The Morgan fingerprint density at radius 1 is 1.17 bits per heavy atom. The molecule has 1 aromatic heterocycles. The number of nitrogens with zero attached hydrogens (tertiary/aromatic N) is 2. The number of benzene rings is 1. The van der Waals surface area contributed by atoms with Crippen LogP contribution in [0.25, 0.3) is 0 Å². The predicted molar refractivity (Wildman–Crippen MR) is 84.2 cm³/mol. The molecular weight excluding hydrogens is 298 g/mol. The van der Waals surface area contributed by atoms with Gasteiger partial charge in [-0.05, 0) is 25.1 Å². The smallest absolute Gasteiger partial charge is 0.321 e. The van der Waals surface area contributed by atoms with E-state index in [4.69, 9.17) is 4.74 Å². The van der Waals surface area contributed by atoms with E-state index in [9.17, 15) is 9.59 Å². The van der Waals surface area contributed by atoms with Gasteiger partial charge in [-0.1, -0.05) is 6.07 Å². The first kappa shape index (κ1) is 16.2. The van der Waals surface area contributed by atoms with Crippen LogP contribution in [0, 0.1) is 0 Å². The highest BCUT2D eigenvalue weighted by atomic mass is 16.5. The number of hydrogen-bond acceptors (Lipinski definition) is 5. The van der Waals surface area contributed by atoms with Crippen molar-refractivity contribution in [3.8, 4) is 11.8 Å². The molecule has 0 aliphatic carbocycles. The maximum absolute atomic E-state index is 11.8. The highest BCUT2D eigenvalue weighted by Crippen LogP contribution is 2.21. The Labute approximate surface area is 133 Å². The summed E-state index contributed by atoms with van der Waals surface area (Å²) in [5.41, 5.74) is 0.514. The molecule has 8 nitrogen and oxygen atoms in total. The molecule has 0 fully saturated rings. The second-order valence-corrected chi connectivity index (χ2v) is 4.60. The highest BCUT2D eigenvalue weighted by molar-refractivity contribution is 5.93. The number of ether oxygens (including phenoxy) is 1. The topological polar surface area (TPSA) is 105 Å². The lowest BCUT2D eigenvalue weighted by Crippen LogP contribution is -2.45. The lowest BCUT2D eigenvalue weighted by Gasteiger charge is -2.13. The molecule has 2 rings (SSSR count). The first-order valence-electron chi connectivity index (χ1n) is 6.92. The molecule has 0 unspecified atom stereocenters. The number of urea groups is 1. The Kier molecular flexibility index (Phi) is 5.45. The number of rotatable bonds is 5. The summed E-state index contributed by atoms with van der Waals surface area (Å²) in [5.74, 6) is 0.201. The predicted octanol–water partition coefficient (Wildman–Crippen LogP) is 1.52. The second-order valence-electron chi connectivity index (χ2n) is 4.60. The summed E-state index contributed by atoms with van der Waals surface area (Å²) in [4.78, 5) is 31.1. The molecule has 1 atom stereocenters. The minimum Gasteiger partial charge on any atom is -0.424 e. The van der Waals surface area contributed by atoms with Gasteiger partial charge in [0.25, 0.3) is 0 Å². The van der Waals surface area contributed by atoms with Crippen molar-refractivity contribution >= 4 is 17.6 Å². The lowest BCUT2D eigenvalue weighted by atomic mass is 10.3. The summed E-state index contributed by atoms with van der Waals surface area (Å²) >= 11 is 0. The molecule has 0 radical (unpaired) electrons. The van der Waals surface area contributed by atoms with E-state index >= 15 is 0 Å². The van der Waals surface area contributed by atoms with Gasteiger partial charge in [0.1, 0.15) is 11.8 Å². The molecule has 0 saturated heterocycles. The summed E-state index contributed by atoms with van der Waals surface area (Å²) in [6, 6.07) is 7.52. The molecule has 0 spiro atoms. The summed E-state index contributed by atoms with van der Waals surface area (Å²) in [6.07, 6.45) is 3.14. The van der Waals surface area contributed by atoms with Crippen LogP contribution >= 0.6 is 0 Å². The molecule has 3 amide bonds. The van der Waals surface area contributed by atoms with Gasteiger partial charge in [-0.3, -0.25) is 4.79 Å². The molecule has 3 N–H and O–H groups in total. The zero-order valence-corrected chi connectivity index (χ0v) is 12.7. The Morgan fingerprint density at radius 2 is 1.91 bits per heavy atom. The monoisotopic (exact) mass is 315 g/mol. The summed E-state index contributed by atoms with van der Waals surface area (Å²) in [5, 5.41) is 7.60. The average molecular weight is 315 g/mol. The molecule has 8 heteroatoms. The molecular formula is C15H17N5O3. The Balaban J connectivity index is 1.97. The number of aromatic nitrogens is 2. The van der Waals surface area contributed by atoms with Crippen molar-refractivity contribution in [3.05, 3.63) is 42.7 Å². The van der Waals surface area contributed by atoms with Crippen molar-refractivity contribution in [1.82, 2.24) is 20.6 Å². The second kappa shape index (κ2) is 7.74. The molecule has 120 valence electrons. The molecule has 2 aromatic rings. The lowest BCUT2D eigenvalue weighted by molar-refractivity contribution is -0.122. The van der Waals surface area contributed by atoms with E-state index in [2.05, 4.69) is 25.9 Å². The van der Waals surface area contributed by atoms with Gasteiger partial charge < -0.3 is 20.7 Å². The molecule has 23 heavy (non-hydrogen) atoms. The number of nitrogens with one attached hydrogen (secondary N) is 3. The van der Waals surface area contributed by atoms with Crippen molar-refractivity contribution < 1.29 is 14.3 Å². The van der Waals surface area contributed by atoms with Crippen molar-refractivity contribution in [2.75, 3.05) is 12.4 Å². The van der Waals surface area contributed by atoms with Gasteiger partial charge in [0.2, 0.25) is 5.91 Å².